The highest BCUT2D eigenvalue weighted by atomic mass is 79.9. The Morgan fingerprint density at radius 1 is 1.32 bits per heavy atom. The molecule has 0 bridgehead atoms. The second-order valence-corrected chi connectivity index (χ2v) is 11.7. The molecule has 0 aliphatic carbocycles. The fourth-order valence-electron chi connectivity index (χ4n) is 4.27. The Kier molecular flexibility index (Phi) is 8.14. The third kappa shape index (κ3) is 6.60. The van der Waals surface area contributed by atoms with E-state index in [0.29, 0.717) is 41.5 Å². The lowest BCUT2D eigenvalue weighted by Gasteiger charge is -2.34. The van der Waals surface area contributed by atoms with E-state index in [1.54, 1.807) is 35.5 Å². The van der Waals surface area contributed by atoms with E-state index in [1.165, 1.54) is 0 Å². The van der Waals surface area contributed by atoms with Gasteiger partial charge in [0.2, 0.25) is 0 Å². The van der Waals surface area contributed by atoms with E-state index in [0.717, 1.165) is 12.8 Å². The summed E-state index contributed by atoms with van der Waals surface area (Å²) in [5, 5.41) is 18.6. The number of amides is 1. The number of rotatable bonds is 7. The number of hydrogen-bond donors (Lipinski definition) is 2. The standard InChI is InChI=1S/C24H38BrN5O4/c1-15(2)20(24(6,7)32)27-18-12-19(30-21(28-18)17(25)13-26-30)29(22(31)34-23(3,4)5)14-16-8-10-33-11-9-16/h12-13,15-16,20,32H,8-11,14H2,1-7H3,(H,27,28). The molecule has 34 heavy (non-hydrogen) atoms. The molecule has 9 nitrogen and oxygen atoms in total. The molecule has 1 aliphatic rings. The van der Waals surface area contributed by atoms with Gasteiger partial charge in [-0.2, -0.15) is 9.61 Å². The molecule has 3 heterocycles. The van der Waals surface area contributed by atoms with E-state index < -0.39 is 17.3 Å². The molecule has 1 amide bonds. The van der Waals surface area contributed by atoms with Crippen molar-refractivity contribution >= 4 is 39.3 Å². The molecule has 0 radical (unpaired) electrons. The maximum absolute atomic E-state index is 13.4. The number of hydrogen-bond acceptors (Lipinski definition) is 7. The van der Waals surface area contributed by atoms with Gasteiger partial charge in [-0.05, 0) is 75.2 Å². The predicted molar refractivity (Wildman–Crippen MR) is 136 cm³/mol. The van der Waals surface area contributed by atoms with Crippen molar-refractivity contribution in [1.29, 1.82) is 0 Å². The molecule has 1 unspecified atom stereocenters. The van der Waals surface area contributed by atoms with Crippen molar-refractivity contribution in [1.82, 2.24) is 14.6 Å². The van der Waals surface area contributed by atoms with Crippen LogP contribution in [0, 0.1) is 11.8 Å². The van der Waals surface area contributed by atoms with Crippen LogP contribution in [0.3, 0.4) is 0 Å². The van der Waals surface area contributed by atoms with Gasteiger partial charge in [-0.1, -0.05) is 13.8 Å². The Bertz CT molecular complexity index is 990. The molecule has 2 aromatic heterocycles. The number of nitrogens with zero attached hydrogens (tertiary/aromatic N) is 4. The van der Waals surface area contributed by atoms with Crippen LogP contribution in [0.5, 0.6) is 0 Å². The summed E-state index contributed by atoms with van der Waals surface area (Å²) in [5.74, 6) is 1.51. The van der Waals surface area contributed by atoms with Gasteiger partial charge in [0, 0.05) is 25.8 Å². The lowest BCUT2D eigenvalue weighted by molar-refractivity contribution is 0.0439. The minimum atomic E-state index is -0.980. The van der Waals surface area contributed by atoms with Crippen LogP contribution in [0.15, 0.2) is 16.7 Å². The van der Waals surface area contributed by atoms with E-state index in [1.807, 2.05) is 34.6 Å². The van der Waals surface area contributed by atoms with Crippen molar-refractivity contribution in [2.75, 3.05) is 30.0 Å². The highest BCUT2D eigenvalue weighted by molar-refractivity contribution is 9.10. The van der Waals surface area contributed by atoms with Crippen LogP contribution < -0.4 is 10.2 Å². The van der Waals surface area contributed by atoms with Gasteiger partial charge in [-0.3, -0.25) is 4.90 Å². The summed E-state index contributed by atoms with van der Waals surface area (Å²) in [5.41, 5.74) is -1.06. The third-order valence-corrected chi connectivity index (χ3v) is 6.37. The number of aromatic nitrogens is 3. The maximum atomic E-state index is 13.4. The highest BCUT2D eigenvalue weighted by Crippen LogP contribution is 2.30. The van der Waals surface area contributed by atoms with E-state index >= 15 is 0 Å². The van der Waals surface area contributed by atoms with Crippen molar-refractivity contribution < 1.29 is 19.4 Å². The third-order valence-electron chi connectivity index (χ3n) is 5.81. The average Bonchev–Trinajstić information content (AvgIpc) is 3.09. The number of carbonyl (C=O) groups is 1. The summed E-state index contributed by atoms with van der Waals surface area (Å²) in [4.78, 5) is 19.8. The topological polar surface area (TPSA) is 101 Å². The zero-order chi connectivity index (χ0) is 25.3. The normalized spacial score (nSPS) is 16.6. The minimum absolute atomic E-state index is 0.138. The van der Waals surface area contributed by atoms with Gasteiger partial charge in [0.25, 0.3) is 0 Å². The first-order chi connectivity index (χ1) is 15.8. The average molecular weight is 541 g/mol. The Labute approximate surface area is 210 Å². The maximum Gasteiger partial charge on any atom is 0.416 e. The van der Waals surface area contributed by atoms with Crippen molar-refractivity contribution in [2.45, 2.75) is 78.6 Å². The lowest BCUT2D eigenvalue weighted by Crippen LogP contribution is -2.46. The van der Waals surface area contributed by atoms with E-state index in [9.17, 15) is 9.90 Å². The zero-order valence-corrected chi connectivity index (χ0v) is 22.8. The van der Waals surface area contributed by atoms with Crippen LogP contribution in [0.1, 0.15) is 61.3 Å². The zero-order valence-electron chi connectivity index (χ0n) is 21.3. The molecule has 0 aromatic carbocycles. The summed E-state index contributed by atoms with van der Waals surface area (Å²) >= 11 is 3.53. The number of fused-ring (bicyclic) bond motifs is 1. The smallest absolute Gasteiger partial charge is 0.416 e. The summed E-state index contributed by atoms with van der Waals surface area (Å²) in [7, 11) is 0. The van der Waals surface area contributed by atoms with Gasteiger partial charge >= 0.3 is 6.09 Å². The molecule has 1 aliphatic heterocycles. The molecule has 0 saturated carbocycles. The first kappa shape index (κ1) is 26.7. The molecule has 2 N–H and O–H groups in total. The Morgan fingerprint density at radius 2 is 1.97 bits per heavy atom. The van der Waals surface area contributed by atoms with Crippen molar-refractivity contribution in [3.63, 3.8) is 0 Å². The van der Waals surface area contributed by atoms with Crippen LogP contribution in [-0.4, -0.2) is 62.8 Å². The van der Waals surface area contributed by atoms with Gasteiger partial charge in [0.1, 0.15) is 17.2 Å². The van der Waals surface area contributed by atoms with Crippen LogP contribution >= 0.6 is 15.9 Å². The largest absolute Gasteiger partial charge is 0.443 e. The quantitative estimate of drug-likeness (QED) is 0.517. The number of halogens is 1. The van der Waals surface area contributed by atoms with Gasteiger partial charge in [-0.15, -0.1) is 0 Å². The molecular weight excluding hydrogens is 502 g/mol. The molecule has 10 heteroatoms. The van der Waals surface area contributed by atoms with Gasteiger partial charge in [0.15, 0.2) is 5.65 Å². The fraction of sp³-hybridized carbons (Fsp3) is 0.708. The SMILES string of the molecule is CC(C)C(Nc1cc(N(CC2CCOCC2)C(=O)OC(C)(C)C)n2ncc(Br)c2n1)C(C)(C)O. The second-order valence-electron chi connectivity index (χ2n) is 10.9. The number of aliphatic hydroxyl groups is 1. The van der Waals surface area contributed by atoms with E-state index in [-0.39, 0.29) is 17.9 Å². The van der Waals surface area contributed by atoms with Crippen molar-refractivity contribution in [3.8, 4) is 0 Å². The highest BCUT2D eigenvalue weighted by Gasteiger charge is 2.32. The Hall–Kier alpha value is -1.91. The molecule has 1 atom stereocenters. The first-order valence-corrected chi connectivity index (χ1v) is 12.7. The predicted octanol–water partition coefficient (Wildman–Crippen LogP) is 4.87. The minimum Gasteiger partial charge on any atom is -0.443 e. The number of nitrogens with one attached hydrogen (secondary N) is 1. The fourth-order valence-corrected chi connectivity index (χ4v) is 4.62. The van der Waals surface area contributed by atoms with E-state index in [4.69, 9.17) is 14.5 Å². The summed E-state index contributed by atoms with van der Waals surface area (Å²) in [6.07, 6.45) is 2.96. The van der Waals surface area contributed by atoms with Crippen LogP contribution in [0.25, 0.3) is 5.65 Å². The molecule has 2 aromatic rings. The molecule has 190 valence electrons. The molecule has 0 spiro atoms. The van der Waals surface area contributed by atoms with Crippen LogP contribution in [0.2, 0.25) is 0 Å². The molecule has 1 fully saturated rings. The van der Waals surface area contributed by atoms with Crippen molar-refractivity contribution in [2.24, 2.45) is 11.8 Å². The Balaban J connectivity index is 2.08. The number of carbonyl (C=O) groups excluding carboxylic acids is 1. The van der Waals surface area contributed by atoms with Gasteiger partial charge in [-0.25, -0.2) is 9.78 Å². The van der Waals surface area contributed by atoms with Crippen molar-refractivity contribution in [3.05, 3.63) is 16.7 Å². The van der Waals surface area contributed by atoms with Gasteiger partial charge < -0.3 is 19.9 Å². The first-order valence-electron chi connectivity index (χ1n) is 11.9. The van der Waals surface area contributed by atoms with Crippen LogP contribution in [0.4, 0.5) is 16.4 Å². The summed E-state index contributed by atoms with van der Waals surface area (Å²) in [6.45, 7) is 15.0. The summed E-state index contributed by atoms with van der Waals surface area (Å²) in [6, 6.07) is 1.54. The van der Waals surface area contributed by atoms with Crippen LogP contribution in [-0.2, 0) is 9.47 Å². The Morgan fingerprint density at radius 3 is 2.53 bits per heavy atom. The molecular formula is C24H38BrN5O4. The van der Waals surface area contributed by atoms with E-state index in [2.05, 4.69) is 26.3 Å². The second kappa shape index (κ2) is 10.4. The number of anilines is 2. The lowest BCUT2D eigenvalue weighted by atomic mass is 9.89. The van der Waals surface area contributed by atoms with Gasteiger partial charge in [0.05, 0.1) is 22.3 Å². The molecule has 1 saturated heterocycles. The monoisotopic (exact) mass is 539 g/mol. The summed E-state index contributed by atoms with van der Waals surface area (Å²) < 4.78 is 13.7. The molecule has 3 rings (SSSR count). The number of ether oxygens (including phenoxy) is 2.